The van der Waals surface area contributed by atoms with Crippen molar-refractivity contribution in [3.05, 3.63) is 16.1 Å². The van der Waals surface area contributed by atoms with Crippen molar-refractivity contribution in [1.29, 1.82) is 0 Å². The van der Waals surface area contributed by atoms with Gasteiger partial charge in [0.15, 0.2) is 0 Å². The molecule has 1 aliphatic heterocycles. The fourth-order valence-electron chi connectivity index (χ4n) is 1.60. The molecule has 1 unspecified atom stereocenters. The molecular weight excluding hydrogens is 226 g/mol. The van der Waals surface area contributed by atoms with Crippen LogP contribution in [0.5, 0.6) is 0 Å². The first kappa shape index (κ1) is 11.1. The summed E-state index contributed by atoms with van der Waals surface area (Å²) >= 11 is 1.56. The van der Waals surface area contributed by atoms with E-state index in [-0.39, 0.29) is 17.7 Å². The van der Waals surface area contributed by atoms with E-state index < -0.39 is 0 Å². The number of rotatable bonds is 3. The zero-order valence-corrected chi connectivity index (χ0v) is 9.76. The van der Waals surface area contributed by atoms with Gasteiger partial charge in [0.2, 0.25) is 11.8 Å². The van der Waals surface area contributed by atoms with Crippen molar-refractivity contribution in [1.82, 2.24) is 15.6 Å². The summed E-state index contributed by atoms with van der Waals surface area (Å²) < 4.78 is 0. The maximum absolute atomic E-state index is 11.7. The molecule has 0 bridgehead atoms. The Morgan fingerprint density at radius 3 is 3.12 bits per heavy atom. The number of amides is 2. The molecule has 1 saturated heterocycles. The molecule has 6 heteroatoms. The second-order valence-corrected chi connectivity index (χ2v) is 5.09. The smallest absolute Gasteiger partial charge is 0.225 e. The standard InChI is InChI=1S/C10H13N3O2S/c1-6-11-4-8(16-6)5-13-10(15)7-2-9(14)12-3-7/h4,7H,2-3,5H2,1H3,(H,12,14)(H,13,15). The molecule has 2 N–H and O–H groups in total. The third kappa shape index (κ3) is 2.57. The Morgan fingerprint density at radius 2 is 2.56 bits per heavy atom. The summed E-state index contributed by atoms with van der Waals surface area (Å²) in [6.45, 7) is 2.87. The van der Waals surface area contributed by atoms with Crippen LogP contribution < -0.4 is 10.6 Å². The Kier molecular flexibility index (Phi) is 3.19. The summed E-state index contributed by atoms with van der Waals surface area (Å²) in [5.41, 5.74) is 0. The van der Waals surface area contributed by atoms with Crippen molar-refractivity contribution in [3.63, 3.8) is 0 Å². The molecule has 16 heavy (non-hydrogen) atoms. The number of aromatic nitrogens is 1. The molecule has 0 radical (unpaired) electrons. The maximum atomic E-state index is 11.7. The first-order chi connectivity index (χ1) is 7.65. The number of nitrogens with one attached hydrogen (secondary N) is 2. The monoisotopic (exact) mass is 239 g/mol. The quantitative estimate of drug-likeness (QED) is 0.791. The first-order valence-corrected chi connectivity index (χ1v) is 5.92. The molecule has 0 spiro atoms. The average molecular weight is 239 g/mol. The molecule has 5 nitrogen and oxygen atoms in total. The average Bonchev–Trinajstić information content (AvgIpc) is 2.84. The highest BCUT2D eigenvalue weighted by atomic mass is 32.1. The van der Waals surface area contributed by atoms with Gasteiger partial charge in [0.25, 0.3) is 0 Å². The lowest BCUT2D eigenvalue weighted by molar-refractivity contribution is -0.126. The normalized spacial score (nSPS) is 19.6. The fourth-order valence-corrected chi connectivity index (χ4v) is 2.33. The van der Waals surface area contributed by atoms with Crippen molar-refractivity contribution in [2.75, 3.05) is 6.54 Å². The number of hydrogen-bond acceptors (Lipinski definition) is 4. The molecule has 86 valence electrons. The minimum atomic E-state index is -0.221. The molecule has 2 heterocycles. The Hall–Kier alpha value is -1.43. The lowest BCUT2D eigenvalue weighted by atomic mass is 10.1. The van der Waals surface area contributed by atoms with Gasteiger partial charge in [0, 0.05) is 24.0 Å². The van der Waals surface area contributed by atoms with E-state index in [1.54, 1.807) is 17.5 Å². The van der Waals surface area contributed by atoms with Gasteiger partial charge in [0.05, 0.1) is 17.5 Å². The van der Waals surface area contributed by atoms with Gasteiger partial charge in [-0.15, -0.1) is 11.3 Å². The van der Waals surface area contributed by atoms with E-state index in [1.807, 2.05) is 6.92 Å². The van der Waals surface area contributed by atoms with E-state index >= 15 is 0 Å². The van der Waals surface area contributed by atoms with Gasteiger partial charge >= 0.3 is 0 Å². The summed E-state index contributed by atoms with van der Waals surface area (Å²) in [7, 11) is 0. The zero-order chi connectivity index (χ0) is 11.5. The molecule has 1 aliphatic rings. The third-order valence-electron chi connectivity index (χ3n) is 2.45. The van der Waals surface area contributed by atoms with Gasteiger partial charge in [-0.2, -0.15) is 0 Å². The molecule has 2 amide bonds. The summed E-state index contributed by atoms with van der Waals surface area (Å²) in [4.78, 5) is 27.7. The van der Waals surface area contributed by atoms with E-state index in [0.717, 1.165) is 9.88 Å². The molecule has 1 fully saturated rings. The number of hydrogen-bond donors (Lipinski definition) is 2. The summed E-state index contributed by atoms with van der Waals surface area (Å²) in [6, 6.07) is 0. The van der Waals surface area contributed by atoms with E-state index in [0.29, 0.717) is 19.5 Å². The second-order valence-electron chi connectivity index (χ2n) is 3.77. The van der Waals surface area contributed by atoms with Crippen LogP contribution in [0.1, 0.15) is 16.3 Å². The SMILES string of the molecule is Cc1ncc(CNC(=O)C2CNC(=O)C2)s1. The van der Waals surface area contributed by atoms with Crippen molar-refractivity contribution in [3.8, 4) is 0 Å². The number of nitrogens with zero attached hydrogens (tertiary/aromatic N) is 1. The Bertz CT molecular complexity index is 416. The van der Waals surface area contributed by atoms with Crippen molar-refractivity contribution < 1.29 is 9.59 Å². The molecule has 0 aliphatic carbocycles. The van der Waals surface area contributed by atoms with E-state index in [2.05, 4.69) is 15.6 Å². The van der Waals surface area contributed by atoms with Crippen LogP contribution in [0.15, 0.2) is 6.20 Å². The highest BCUT2D eigenvalue weighted by molar-refractivity contribution is 7.11. The van der Waals surface area contributed by atoms with Crippen molar-refractivity contribution in [2.24, 2.45) is 5.92 Å². The number of aryl methyl sites for hydroxylation is 1. The number of carbonyl (C=O) groups is 2. The minimum absolute atomic E-state index is 0.0474. The van der Waals surface area contributed by atoms with Crippen molar-refractivity contribution in [2.45, 2.75) is 19.9 Å². The van der Waals surface area contributed by atoms with Gasteiger partial charge in [-0.05, 0) is 6.92 Å². The third-order valence-corrected chi connectivity index (χ3v) is 3.37. The van der Waals surface area contributed by atoms with Crippen LogP contribution in [0.4, 0.5) is 0 Å². The second kappa shape index (κ2) is 4.61. The zero-order valence-electron chi connectivity index (χ0n) is 8.95. The van der Waals surface area contributed by atoms with Crippen LogP contribution in [0.25, 0.3) is 0 Å². The van der Waals surface area contributed by atoms with Crippen LogP contribution >= 0.6 is 11.3 Å². The molecule has 1 atom stereocenters. The minimum Gasteiger partial charge on any atom is -0.355 e. The highest BCUT2D eigenvalue weighted by Gasteiger charge is 2.27. The predicted molar refractivity (Wildman–Crippen MR) is 59.8 cm³/mol. The summed E-state index contributed by atoms with van der Waals surface area (Å²) in [5.74, 6) is -0.334. The van der Waals surface area contributed by atoms with Crippen LogP contribution in [0, 0.1) is 12.8 Å². The Morgan fingerprint density at radius 1 is 1.75 bits per heavy atom. The first-order valence-electron chi connectivity index (χ1n) is 5.11. The van der Waals surface area contributed by atoms with E-state index in [1.165, 1.54) is 0 Å². The van der Waals surface area contributed by atoms with Crippen LogP contribution in [-0.2, 0) is 16.1 Å². The van der Waals surface area contributed by atoms with Gasteiger partial charge in [-0.3, -0.25) is 9.59 Å². The van der Waals surface area contributed by atoms with Crippen LogP contribution in [-0.4, -0.2) is 23.3 Å². The molecule has 0 aromatic carbocycles. The largest absolute Gasteiger partial charge is 0.355 e. The molecule has 2 rings (SSSR count). The van der Waals surface area contributed by atoms with Crippen LogP contribution in [0.2, 0.25) is 0 Å². The maximum Gasteiger partial charge on any atom is 0.225 e. The molecule has 0 saturated carbocycles. The number of thiazole rings is 1. The lowest BCUT2D eigenvalue weighted by Gasteiger charge is -2.07. The lowest BCUT2D eigenvalue weighted by Crippen LogP contribution is -2.31. The summed E-state index contributed by atoms with van der Waals surface area (Å²) in [6.07, 6.45) is 2.06. The van der Waals surface area contributed by atoms with Gasteiger partial charge in [0.1, 0.15) is 0 Å². The molecule has 1 aromatic rings. The van der Waals surface area contributed by atoms with Crippen LogP contribution in [0.3, 0.4) is 0 Å². The van der Waals surface area contributed by atoms with Crippen molar-refractivity contribution >= 4 is 23.2 Å². The van der Waals surface area contributed by atoms with E-state index in [9.17, 15) is 9.59 Å². The highest BCUT2D eigenvalue weighted by Crippen LogP contribution is 2.12. The Labute approximate surface area is 97.3 Å². The topological polar surface area (TPSA) is 71.1 Å². The van der Waals surface area contributed by atoms with Gasteiger partial charge < -0.3 is 10.6 Å². The van der Waals surface area contributed by atoms with Gasteiger partial charge in [-0.1, -0.05) is 0 Å². The Balaban J connectivity index is 1.82. The van der Waals surface area contributed by atoms with E-state index in [4.69, 9.17) is 0 Å². The number of carbonyl (C=O) groups excluding carboxylic acids is 2. The molecule has 1 aromatic heterocycles. The fraction of sp³-hybridized carbons (Fsp3) is 0.500. The molecular formula is C10H13N3O2S. The predicted octanol–water partition coefficient (Wildman–Crippen LogP) is 0.204. The summed E-state index contributed by atoms with van der Waals surface area (Å²) in [5, 5.41) is 6.45. The van der Waals surface area contributed by atoms with Gasteiger partial charge in [-0.25, -0.2) is 4.98 Å².